The van der Waals surface area contributed by atoms with Gasteiger partial charge in [0.1, 0.15) is 5.82 Å². The lowest BCUT2D eigenvalue weighted by Gasteiger charge is -2.10. The summed E-state index contributed by atoms with van der Waals surface area (Å²) < 4.78 is 24.1. The van der Waals surface area contributed by atoms with Gasteiger partial charge in [0.15, 0.2) is 11.5 Å². The quantitative estimate of drug-likeness (QED) is 0.902. The van der Waals surface area contributed by atoms with Gasteiger partial charge < -0.3 is 14.8 Å². The van der Waals surface area contributed by atoms with E-state index in [0.717, 1.165) is 6.07 Å². The van der Waals surface area contributed by atoms with E-state index in [0.29, 0.717) is 11.5 Å². The lowest BCUT2D eigenvalue weighted by Crippen LogP contribution is -2.14. The molecule has 1 aliphatic rings. The molecule has 0 saturated heterocycles. The summed E-state index contributed by atoms with van der Waals surface area (Å²) in [4.78, 5) is 12.1. The number of hydrogen-bond acceptors (Lipinski definition) is 3. The maximum absolute atomic E-state index is 13.7. The predicted molar refractivity (Wildman–Crippen MR) is 76.9 cm³/mol. The monoisotopic (exact) mass is 327 g/mol. The van der Waals surface area contributed by atoms with Crippen LogP contribution in [0.1, 0.15) is 10.4 Å². The molecule has 0 saturated carbocycles. The maximum atomic E-state index is 13.7. The third-order valence-corrected chi connectivity index (χ3v) is 3.53. The Morgan fingerprint density at radius 3 is 2.57 bits per heavy atom. The number of fused-ring (bicyclic) bond motifs is 1. The van der Waals surface area contributed by atoms with Crippen LogP contribution in [-0.4, -0.2) is 12.7 Å². The van der Waals surface area contributed by atoms with Gasteiger partial charge in [0.25, 0.3) is 5.91 Å². The number of hydrogen-bond donors (Lipinski definition) is 1. The average molecular weight is 328 g/mol. The molecule has 1 heterocycles. The zero-order valence-electron chi connectivity index (χ0n) is 10.5. The van der Waals surface area contributed by atoms with Crippen LogP contribution in [0.25, 0.3) is 0 Å². The summed E-state index contributed by atoms with van der Waals surface area (Å²) in [5.74, 6) is -0.466. The van der Waals surface area contributed by atoms with Gasteiger partial charge in [0, 0.05) is 12.1 Å². The summed E-state index contributed by atoms with van der Waals surface area (Å²) >= 11 is 11.9. The Morgan fingerprint density at radius 2 is 1.86 bits per heavy atom. The number of halogens is 3. The van der Waals surface area contributed by atoms with Gasteiger partial charge in [0.05, 0.1) is 21.3 Å². The molecule has 1 amide bonds. The molecular weight excluding hydrogens is 320 g/mol. The molecule has 0 aliphatic carbocycles. The number of amides is 1. The molecule has 2 aromatic carbocycles. The van der Waals surface area contributed by atoms with Crippen LogP contribution in [0.2, 0.25) is 10.0 Å². The molecule has 0 fully saturated rings. The van der Waals surface area contributed by atoms with E-state index in [9.17, 15) is 9.18 Å². The second kappa shape index (κ2) is 5.42. The van der Waals surface area contributed by atoms with Gasteiger partial charge in [-0.15, -0.1) is 0 Å². The Bertz CT molecular complexity index is 716. The Kier molecular flexibility index (Phi) is 3.61. The third kappa shape index (κ3) is 2.62. The standard InChI is InChI=1S/C14H8Cl2FNO3/c15-7-2-1-3-9(17)13(7)14(19)18-10-5-12-11(4-8(10)16)20-6-21-12/h1-5H,6H2,(H,18,19). The van der Waals surface area contributed by atoms with Crippen molar-refractivity contribution in [2.45, 2.75) is 0 Å². The van der Waals surface area contributed by atoms with Gasteiger partial charge in [-0.2, -0.15) is 0 Å². The molecule has 3 rings (SSSR count). The summed E-state index contributed by atoms with van der Waals surface area (Å²) in [5.41, 5.74) is 0.0399. The number of carbonyl (C=O) groups excluding carboxylic acids is 1. The molecule has 0 aromatic heterocycles. The molecule has 108 valence electrons. The second-order valence-electron chi connectivity index (χ2n) is 4.24. The molecule has 21 heavy (non-hydrogen) atoms. The third-order valence-electron chi connectivity index (χ3n) is 2.90. The van der Waals surface area contributed by atoms with Crippen LogP contribution >= 0.6 is 23.2 Å². The highest BCUT2D eigenvalue weighted by Gasteiger charge is 2.20. The average Bonchev–Trinajstić information content (AvgIpc) is 2.86. The lowest BCUT2D eigenvalue weighted by molar-refractivity contribution is 0.102. The Labute approximate surface area is 129 Å². The molecule has 0 bridgehead atoms. The normalized spacial score (nSPS) is 12.3. The number of rotatable bonds is 2. The number of nitrogens with one attached hydrogen (secondary N) is 1. The largest absolute Gasteiger partial charge is 0.454 e. The molecule has 0 radical (unpaired) electrons. The minimum atomic E-state index is -0.711. The fraction of sp³-hybridized carbons (Fsp3) is 0.0714. The SMILES string of the molecule is O=C(Nc1cc2c(cc1Cl)OCO2)c1c(F)cccc1Cl. The second-order valence-corrected chi connectivity index (χ2v) is 5.05. The Hall–Kier alpha value is -1.98. The molecule has 4 nitrogen and oxygen atoms in total. The molecule has 0 spiro atoms. The van der Waals surface area contributed by atoms with Crippen LogP contribution in [0, 0.1) is 5.82 Å². The van der Waals surface area contributed by atoms with Crippen LogP contribution in [0.3, 0.4) is 0 Å². The zero-order valence-corrected chi connectivity index (χ0v) is 12.0. The lowest BCUT2D eigenvalue weighted by atomic mass is 10.2. The summed E-state index contributed by atoms with van der Waals surface area (Å²) in [7, 11) is 0. The van der Waals surface area contributed by atoms with Crippen LogP contribution < -0.4 is 14.8 Å². The first-order valence-corrected chi connectivity index (χ1v) is 6.66. The Balaban J connectivity index is 1.92. The van der Waals surface area contributed by atoms with E-state index in [1.54, 1.807) is 0 Å². The van der Waals surface area contributed by atoms with Crippen LogP contribution in [-0.2, 0) is 0 Å². The number of carbonyl (C=O) groups is 1. The topological polar surface area (TPSA) is 47.6 Å². The van der Waals surface area contributed by atoms with Crippen molar-refractivity contribution in [2.75, 3.05) is 12.1 Å². The van der Waals surface area contributed by atoms with Gasteiger partial charge >= 0.3 is 0 Å². The molecule has 7 heteroatoms. The van der Waals surface area contributed by atoms with Gasteiger partial charge in [-0.05, 0) is 12.1 Å². The van der Waals surface area contributed by atoms with E-state index in [1.807, 2.05) is 0 Å². The van der Waals surface area contributed by atoms with Crippen molar-refractivity contribution in [2.24, 2.45) is 0 Å². The number of anilines is 1. The molecule has 1 N–H and O–H groups in total. The Morgan fingerprint density at radius 1 is 1.14 bits per heavy atom. The summed E-state index contributed by atoms with van der Waals surface area (Å²) in [6, 6.07) is 7.03. The van der Waals surface area contributed by atoms with Crippen LogP contribution in [0.5, 0.6) is 11.5 Å². The molecular formula is C14H8Cl2FNO3. The van der Waals surface area contributed by atoms with Crippen molar-refractivity contribution in [3.63, 3.8) is 0 Å². The summed E-state index contributed by atoms with van der Waals surface area (Å²) in [6.07, 6.45) is 0. The van der Waals surface area contributed by atoms with Crippen molar-refractivity contribution in [3.05, 3.63) is 51.8 Å². The highest BCUT2D eigenvalue weighted by Crippen LogP contribution is 2.39. The van der Waals surface area contributed by atoms with Crippen molar-refractivity contribution in [1.82, 2.24) is 0 Å². The van der Waals surface area contributed by atoms with E-state index in [1.165, 1.54) is 24.3 Å². The molecule has 0 atom stereocenters. The van der Waals surface area contributed by atoms with Crippen molar-refractivity contribution in [3.8, 4) is 11.5 Å². The molecule has 1 aliphatic heterocycles. The minimum absolute atomic E-state index is 0.0179. The van der Waals surface area contributed by atoms with Crippen molar-refractivity contribution < 1.29 is 18.7 Å². The first-order valence-electron chi connectivity index (χ1n) is 5.91. The predicted octanol–water partition coefficient (Wildman–Crippen LogP) is 4.11. The van der Waals surface area contributed by atoms with E-state index in [2.05, 4.69) is 5.32 Å². The highest BCUT2D eigenvalue weighted by molar-refractivity contribution is 6.36. The fourth-order valence-electron chi connectivity index (χ4n) is 1.91. The maximum Gasteiger partial charge on any atom is 0.260 e. The first kappa shape index (κ1) is 14.0. The van der Waals surface area contributed by atoms with Crippen LogP contribution in [0.15, 0.2) is 30.3 Å². The minimum Gasteiger partial charge on any atom is -0.454 e. The molecule has 0 unspecified atom stereocenters. The number of benzene rings is 2. The van der Waals surface area contributed by atoms with Crippen molar-refractivity contribution in [1.29, 1.82) is 0 Å². The van der Waals surface area contributed by atoms with Gasteiger partial charge in [0.2, 0.25) is 6.79 Å². The van der Waals surface area contributed by atoms with E-state index in [4.69, 9.17) is 32.7 Å². The smallest absolute Gasteiger partial charge is 0.260 e. The van der Waals surface area contributed by atoms with E-state index < -0.39 is 11.7 Å². The molecule has 2 aromatic rings. The van der Waals surface area contributed by atoms with Gasteiger partial charge in [-0.1, -0.05) is 29.3 Å². The van der Waals surface area contributed by atoms with Crippen LogP contribution in [0.4, 0.5) is 10.1 Å². The first-order chi connectivity index (χ1) is 10.1. The number of ether oxygens (including phenoxy) is 2. The summed E-state index contributed by atoms with van der Waals surface area (Å²) in [5, 5.41) is 2.77. The highest BCUT2D eigenvalue weighted by atomic mass is 35.5. The van der Waals surface area contributed by atoms with Gasteiger partial charge in [-0.25, -0.2) is 4.39 Å². The zero-order chi connectivity index (χ0) is 15.0. The fourth-order valence-corrected chi connectivity index (χ4v) is 2.36. The summed E-state index contributed by atoms with van der Waals surface area (Å²) in [6.45, 7) is 0.0855. The van der Waals surface area contributed by atoms with Crippen molar-refractivity contribution >= 4 is 34.8 Å². The van der Waals surface area contributed by atoms with E-state index in [-0.39, 0.29) is 28.1 Å². The van der Waals surface area contributed by atoms with E-state index >= 15 is 0 Å². The van der Waals surface area contributed by atoms with Gasteiger partial charge in [-0.3, -0.25) is 4.79 Å².